The van der Waals surface area contributed by atoms with Crippen LogP contribution >= 0.6 is 0 Å². The van der Waals surface area contributed by atoms with Crippen molar-refractivity contribution in [3.63, 3.8) is 0 Å². The van der Waals surface area contributed by atoms with Crippen LogP contribution in [0.15, 0.2) is 97.7 Å². The van der Waals surface area contributed by atoms with Gasteiger partial charge in [0.25, 0.3) is 11.8 Å². The van der Waals surface area contributed by atoms with Gasteiger partial charge in [-0.25, -0.2) is 0 Å². The molecule has 3 aromatic carbocycles. The van der Waals surface area contributed by atoms with Crippen LogP contribution in [-0.4, -0.2) is 27.9 Å². The van der Waals surface area contributed by atoms with Gasteiger partial charge in [0.2, 0.25) is 5.91 Å². The van der Waals surface area contributed by atoms with Crippen molar-refractivity contribution < 1.29 is 14.4 Å². The lowest BCUT2D eigenvalue weighted by molar-refractivity contribution is -0.111. The highest BCUT2D eigenvalue weighted by molar-refractivity contribution is 6.07. The summed E-state index contributed by atoms with van der Waals surface area (Å²) >= 11 is 0. The predicted molar refractivity (Wildman–Crippen MR) is 132 cm³/mol. The molecule has 1 heterocycles. The zero-order valence-electron chi connectivity index (χ0n) is 18.0. The molecule has 0 fully saturated rings. The maximum absolute atomic E-state index is 12.8. The normalized spacial score (nSPS) is 10.2. The lowest BCUT2D eigenvalue weighted by Crippen LogP contribution is -2.14. The molecule has 0 aliphatic heterocycles. The molecule has 0 radical (unpaired) electrons. The number of hydrogen-bond acceptors (Lipinski definition) is 4. The van der Waals surface area contributed by atoms with E-state index in [0.717, 1.165) is 17.3 Å². The van der Waals surface area contributed by atoms with Crippen LogP contribution in [0.25, 0.3) is 11.3 Å². The average molecular weight is 451 g/mol. The fraction of sp³-hybridized carbons (Fsp3) is 0. The first kappa shape index (κ1) is 22.2. The summed E-state index contributed by atoms with van der Waals surface area (Å²) in [5.74, 6) is -1.00. The molecule has 0 spiro atoms. The maximum atomic E-state index is 12.8. The van der Waals surface area contributed by atoms with E-state index in [4.69, 9.17) is 0 Å². The van der Waals surface area contributed by atoms with E-state index in [-0.39, 0.29) is 17.7 Å². The van der Waals surface area contributed by atoms with Crippen LogP contribution in [0, 0.1) is 0 Å². The Morgan fingerprint density at radius 1 is 0.735 bits per heavy atom. The van der Waals surface area contributed by atoms with Gasteiger partial charge in [-0.05, 0) is 60.7 Å². The molecule has 0 aliphatic rings. The van der Waals surface area contributed by atoms with Gasteiger partial charge in [-0.1, -0.05) is 30.8 Å². The molecule has 8 heteroatoms. The number of hydrogen-bond donors (Lipinski definition) is 4. The summed E-state index contributed by atoms with van der Waals surface area (Å²) < 4.78 is 0. The molecule has 4 rings (SSSR count). The number of rotatable bonds is 7. The summed E-state index contributed by atoms with van der Waals surface area (Å²) in [4.78, 5) is 37.0. The average Bonchev–Trinajstić information content (AvgIpc) is 3.39. The molecule has 0 saturated carbocycles. The molecule has 0 atom stereocenters. The zero-order valence-corrected chi connectivity index (χ0v) is 18.0. The molecule has 8 nitrogen and oxygen atoms in total. The summed E-state index contributed by atoms with van der Waals surface area (Å²) in [7, 11) is 0. The van der Waals surface area contributed by atoms with Crippen molar-refractivity contribution >= 4 is 34.8 Å². The minimum atomic E-state index is -0.365. The van der Waals surface area contributed by atoms with Crippen molar-refractivity contribution in [1.29, 1.82) is 0 Å². The number of anilines is 3. The first-order chi connectivity index (χ1) is 16.5. The number of aromatic nitrogens is 2. The minimum Gasteiger partial charge on any atom is -0.323 e. The van der Waals surface area contributed by atoms with Crippen molar-refractivity contribution in [1.82, 2.24) is 10.2 Å². The molecule has 4 aromatic rings. The topological polar surface area (TPSA) is 116 Å². The van der Waals surface area contributed by atoms with E-state index in [1.165, 1.54) is 0 Å². The van der Waals surface area contributed by atoms with Crippen LogP contribution in [0.5, 0.6) is 0 Å². The number of nitrogens with one attached hydrogen (secondary N) is 4. The smallest absolute Gasteiger partial charge is 0.255 e. The van der Waals surface area contributed by atoms with Gasteiger partial charge in [-0.2, -0.15) is 5.10 Å². The fourth-order valence-electron chi connectivity index (χ4n) is 3.26. The molecule has 168 valence electrons. The van der Waals surface area contributed by atoms with E-state index >= 15 is 0 Å². The number of carbonyl (C=O) groups is 3. The van der Waals surface area contributed by atoms with E-state index < -0.39 is 0 Å². The summed E-state index contributed by atoms with van der Waals surface area (Å²) in [5, 5.41) is 15.1. The van der Waals surface area contributed by atoms with Crippen LogP contribution in [0.2, 0.25) is 0 Å². The Labute approximate surface area is 195 Å². The summed E-state index contributed by atoms with van der Waals surface area (Å²) in [6.45, 7) is 3.41. The third kappa shape index (κ3) is 5.43. The number of aromatic amines is 1. The molecule has 0 aliphatic carbocycles. The van der Waals surface area contributed by atoms with E-state index in [1.807, 2.05) is 12.1 Å². The van der Waals surface area contributed by atoms with E-state index in [2.05, 4.69) is 32.7 Å². The first-order valence-corrected chi connectivity index (χ1v) is 10.4. The molecule has 3 amide bonds. The molecule has 34 heavy (non-hydrogen) atoms. The van der Waals surface area contributed by atoms with Gasteiger partial charge in [-0.15, -0.1) is 0 Å². The van der Waals surface area contributed by atoms with Gasteiger partial charge in [0.1, 0.15) is 0 Å². The highest BCUT2D eigenvalue weighted by Crippen LogP contribution is 2.21. The van der Waals surface area contributed by atoms with E-state index in [1.54, 1.807) is 72.9 Å². The largest absolute Gasteiger partial charge is 0.323 e. The third-order valence-corrected chi connectivity index (χ3v) is 4.89. The fourth-order valence-corrected chi connectivity index (χ4v) is 3.26. The molecular weight excluding hydrogens is 430 g/mol. The third-order valence-electron chi connectivity index (χ3n) is 4.89. The Morgan fingerprint density at radius 2 is 1.32 bits per heavy atom. The Balaban J connectivity index is 1.44. The van der Waals surface area contributed by atoms with Crippen molar-refractivity contribution in [2.45, 2.75) is 0 Å². The van der Waals surface area contributed by atoms with Crippen LogP contribution in [-0.2, 0) is 4.79 Å². The van der Waals surface area contributed by atoms with Crippen LogP contribution in [0.3, 0.4) is 0 Å². The van der Waals surface area contributed by atoms with Crippen molar-refractivity contribution in [2.75, 3.05) is 16.0 Å². The van der Waals surface area contributed by atoms with Crippen molar-refractivity contribution in [2.24, 2.45) is 0 Å². The highest BCUT2D eigenvalue weighted by Gasteiger charge is 2.11. The van der Waals surface area contributed by atoms with Gasteiger partial charge in [-0.3, -0.25) is 19.5 Å². The minimum absolute atomic E-state index is 0.282. The second kappa shape index (κ2) is 10.1. The second-order valence-electron chi connectivity index (χ2n) is 7.31. The SMILES string of the molecule is C=CC(=O)Nc1cccc(C(=O)Nc2cccc(NC(=O)c3cccc(-c4ccn[nH]4)c3)c2)c1. The molecule has 0 saturated heterocycles. The Morgan fingerprint density at radius 3 is 1.94 bits per heavy atom. The van der Waals surface area contributed by atoms with E-state index in [9.17, 15) is 14.4 Å². The number of H-pyrrole nitrogens is 1. The molecule has 4 N–H and O–H groups in total. The zero-order chi connectivity index (χ0) is 23.9. The van der Waals surface area contributed by atoms with Gasteiger partial charge in [0.15, 0.2) is 0 Å². The summed E-state index contributed by atoms with van der Waals surface area (Å²) in [6, 6.07) is 22.4. The second-order valence-corrected chi connectivity index (χ2v) is 7.31. The van der Waals surface area contributed by atoms with Gasteiger partial charge in [0.05, 0.1) is 5.69 Å². The summed E-state index contributed by atoms with van der Waals surface area (Å²) in [5.41, 5.74) is 4.03. The van der Waals surface area contributed by atoms with Crippen molar-refractivity contribution in [3.8, 4) is 11.3 Å². The van der Waals surface area contributed by atoms with Crippen molar-refractivity contribution in [3.05, 3.63) is 109 Å². The van der Waals surface area contributed by atoms with Gasteiger partial charge < -0.3 is 16.0 Å². The molecule has 1 aromatic heterocycles. The monoisotopic (exact) mass is 451 g/mol. The van der Waals surface area contributed by atoms with E-state index in [0.29, 0.717) is 28.2 Å². The Hall–Kier alpha value is -4.98. The quantitative estimate of drug-likeness (QED) is 0.305. The molecule has 0 bridgehead atoms. The maximum Gasteiger partial charge on any atom is 0.255 e. The number of nitrogens with zero attached hydrogens (tertiary/aromatic N) is 1. The number of amides is 3. The van der Waals surface area contributed by atoms with Gasteiger partial charge >= 0.3 is 0 Å². The van der Waals surface area contributed by atoms with Gasteiger partial charge in [0, 0.05) is 39.9 Å². The molecular formula is C26H21N5O3. The Bertz CT molecular complexity index is 1360. The lowest BCUT2D eigenvalue weighted by atomic mass is 10.1. The Kier molecular flexibility index (Phi) is 6.60. The standard InChI is InChI=1S/C26H21N5O3/c1-2-24(32)28-20-9-4-8-19(15-20)26(34)30-22-11-5-10-21(16-22)29-25(33)18-7-3-6-17(14-18)23-12-13-27-31-23/h2-16H,1H2,(H,27,31)(H,28,32)(H,29,33)(H,30,34). The number of carbonyl (C=O) groups excluding carboxylic acids is 3. The van der Waals surface area contributed by atoms with Crippen LogP contribution < -0.4 is 16.0 Å². The number of benzene rings is 3. The van der Waals surface area contributed by atoms with Crippen LogP contribution in [0.4, 0.5) is 17.1 Å². The predicted octanol–water partition coefficient (Wildman–Crippen LogP) is 4.71. The first-order valence-electron chi connectivity index (χ1n) is 10.4. The van der Waals surface area contributed by atoms with Crippen LogP contribution in [0.1, 0.15) is 20.7 Å². The summed E-state index contributed by atoms with van der Waals surface area (Å²) in [6.07, 6.45) is 2.80. The lowest BCUT2D eigenvalue weighted by Gasteiger charge is -2.10. The highest BCUT2D eigenvalue weighted by atomic mass is 16.2. The molecule has 0 unspecified atom stereocenters.